The lowest BCUT2D eigenvalue weighted by Gasteiger charge is -2.10. The fourth-order valence-electron chi connectivity index (χ4n) is 2.27. The first-order valence-electron chi connectivity index (χ1n) is 7.21. The van der Waals surface area contributed by atoms with Gasteiger partial charge in [0, 0.05) is 6.04 Å². The van der Waals surface area contributed by atoms with E-state index in [4.69, 9.17) is 15.2 Å². The van der Waals surface area contributed by atoms with Gasteiger partial charge >= 0.3 is 0 Å². The van der Waals surface area contributed by atoms with Crippen LogP contribution in [0, 0.1) is 0 Å². The molecule has 2 aromatic rings. The Labute approximate surface area is 126 Å². The summed E-state index contributed by atoms with van der Waals surface area (Å²) in [5.74, 6) is 1.49. The summed E-state index contributed by atoms with van der Waals surface area (Å²) in [6, 6.07) is 14.8. The lowest BCUT2D eigenvalue weighted by molar-refractivity contribution is 0.355. The van der Waals surface area contributed by atoms with Gasteiger partial charge in [-0.2, -0.15) is 0 Å². The van der Waals surface area contributed by atoms with Crippen LogP contribution in [0.2, 0.25) is 0 Å². The van der Waals surface area contributed by atoms with E-state index in [0.29, 0.717) is 0 Å². The lowest BCUT2D eigenvalue weighted by atomic mass is 10.0. The maximum Gasteiger partial charge on any atom is 0.161 e. The number of ether oxygens (including phenoxy) is 2. The Kier molecular flexibility index (Phi) is 5.23. The zero-order valence-electron chi connectivity index (χ0n) is 12.9. The van der Waals surface area contributed by atoms with Crippen LogP contribution in [0.5, 0.6) is 11.5 Å². The second-order valence-corrected chi connectivity index (χ2v) is 5.28. The summed E-state index contributed by atoms with van der Waals surface area (Å²) < 4.78 is 10.6. The minimum Gasteiger partial charge on any atom is -0.493 e. The summed E-state index contributed by atoms with van der Waals surface area (Å²) in [6.45, 7) is 2.04. The molecule has 2 aromatic carbocycles. The predicted molar refractivity (Wildman–Crippen MR) is 87.0 cm³/mol. The van der Waals surface area contributed by atoms with Crippen LogP contribution in [0.25, 0.3) is 11.1 Å². The van der Waals surface area contributed by atoms with Gasteiger partial charge in [0.2, 0.25) is 0 Å². The van der Waals surface area contributed by atoms with Gasteiger partial charge in [0.15, 0.2) is 11.5 Å². The fraction of sp³-hybridized carbons (Fsp3) is 0.333. The normalized spacial score (nSPS) is 12.0. The monoisotopic (exact) mass is 285 g/mol. The third-order valence-corrected chi connectivity index (χ3v) is 3.56. The molecule has 1 atom stereocenters. The minimum absolute atomic E-state index is 0.246. The maximum atomic E-state index is 5.79. The Morgan fingerprint density at radius 1 is 0.905 bits per heavy atom. The van der Waals surface area contributed by atoms with E-state index in [1.54, 1.807) is 14.2 Å². The molecule has 21 heavy (non-hydrogen) atoms. The average Bonchev–Trinajstić information content (AvgIpc) is 2.52. The Balaban J connectivity index is 2.18. The molecule has 0 saturated carbocycles. The molecule has 3 heteroatoms. The van der Waals surface area contributed by atoms with Crippen molar-refractivity contribution in [3.63, 3.8) is 0 Å². The molecule has 0 aliphatic heterocycles. The smallest absolute Gasteiger partial charge is 0.161 e. The molecule has 0 heterocycles. The summed E-state index contributed by atoms with van der Waals surface area (Å²) in [5, 5.41) is 0. The standard InChI is InChI=1S/C18H23NO2/c1-13(19)4-5-14-6-8-15(9-7-14)16-10-11-17(20-2)18(12-16)21-3/h6-13H,4-5,19H2,1-3H3. The van der Waals surface area contributed by atoms with Crippen molar-refractivity contribution in [2.45, 2.75) is 25.8 Å². The lowest BCUT2D eigenvalue weighted by Crippen LogP contribution is -2.15. The Morgan fingerprint density at radius 2 is 1.52 bits per heavy atom. The van der Waals surface area contributed by atoms with Crippen molar-refractivity contribution in [1.29, 1.82) is 0 Å². The molecule has 3 nitrogen and oxygen atoms in total. The first-order valence-corrected chi connectivity index (χ1v) is 7.21. The van der Waals surface area contributed by atoms with Crippen molar-refractivity contribution < 1.29 is 9.47 Å². The zero-order valence-corrected chi connectivity index (χ0v) is 12.9. The molecule has 0 bridgehead atoms. The molecule has 2 rings (SSSR count). The molecule has 0 fully saturated rings. The van der Waals surface area contributed by atoms with Gasteiger partial charge in [-0.25, -0.2) is 0 Å². The Bertz CT molecular complexity index is 576. The molecular weight excluding hydrogens is 262 g/mol. The first kappa shape index (κ1) is 15.4. The second kappa shape index (κ2) is 7.14. The average molecular weight is 285 g/mol. The molecule has 0 radical (unpaired) electrons. The Morgan fingerprint density at radius 3 is 2.10 bits per heavy atom. The number of hydrogen-bond acceptors (Lipinski definition) is 3. The number of nitrogens with two attached hydrogens (primary N) is 1. The SMILES string of the molecule is COc1ccc(-c2ccc(CCC(C)N)cc2)cc1OC. The molecule has 0 aliphatic rings. The summed E-state index contributed by atoms with van der Waals surface area (Å²) in [7, 11) is 3.30. The highest BCUT2D eigenvalue weighted by molar-refractivity contribution is 5.67. The van der Waals surface area contributed by atoms with Gasteiger partial charge in [-0.3, -0.25) is 0 Å². The van der Waals surface area contributed by atoms with Crippen molar-refractivity contribution in [2.75, 3.05) is 14.2 Å². The van der Waals surface area contributed by atoms with Crippen LogP contribution >= 0.6 is 0 Å². The van der Waals surface area contributed by atoms with Crippen molar-refractivity contribution >= 4 is 0 Å². The first-order chi connectivity index (χ1) is 10.1. The molecular formula is C18H23NO2. The van der Waals surface area contributed by atoms with Crippen LogP contribution in [-0.4, -0.2) is 20.3 Å². The molecule has 0 amide bonds. The number of rotatable bonds is 6. The van der Waals surface area contributed by atoms with Crippen molar-refractivity contribution in [3.05, 3.63) is 48.0 Å². The van der Waals surface area contributed by atoms with Crippen LogP contribution in [0.3, 0.4) is 0 Å². The van der Waals surface area contributed by atoms with Gasteiger partial charge in [-0.1, -0.05) is 30.3 Å². The van der Waals surface area contributed by atoms with Crippen molar-refractivity contribution in [3.8, 4) is 22.6 Å². The van der Waals surface area contributed by atoms with Gasteiger partial charge in [-0.05, 0) is 48.6 Å². The van der Waals surface area contributed by atoms with Crippen LogP contribution in [0.4, 0.5) is 0 Å². The van der Waals surface area contributed by atoms with E-state index in [2.05, 4.69) is 24.3 Å². The summed E-state index contributed by atoms with van der Waals surface area (Å²) in [4.78, 5) is 0. The van der Waals surface area contributed by atoms with Crippen molar-refractivity contribution in [1.82, 2.24) is 0 Å². The van der Waals surface area contributed by atoms with Gasteiger partial charge in [-0.15, -0.1) is 0 Å². The van der Waals surface area contributed by atoms with Gasteiger partial charge < -0.3 is 15.2 Å². The maximum absolute atomic E-state index is 5.79. The van der Waals surface area contributed by atoms with E-state index in [9.17, 15) is 0 Å². The van der Waals surface area contributed by atoms with E-state index < -0.39 is 0 Å². The highest BCUT2D eigenvalue weighted by atomic mass is 16.5. The van der Waals surface area contributed by atoms with E-state index in [1.807, 2.05) is 25.1 Å². The summed E-state index contributed by atoms with van der Waals surface area (Å²) in [5.41, 5.74) is 9.40. The molecule has 112 valence electrons. The third-order valence-electron chi connectivity index (χ3n) is 3.56. The molecule has 1 unspecified atom stereocenters. The third kappa shape index (κ3) is 3.99. The minimum atomic E-state index is 0.246. The zero-order chi connectivity index (χ0) is 15.2. The topological polar surface area (TPSA) is 44.5 Å². The van der Waals surface area contributed by atoms with Gasteiger partial charge in [0.25, 0.3) is 0 Å². The summed E-state index contributed by atoms with van der Waals surface area (Å²) in [6.07, 6.45) is 2.03. The number of benzene rings is 2. The number of methoxy groups -OCH3 is 2. The quantitative estimate of drug-likeness (QED) is 0.881. The van der Waals surface area contributed by atoms with E-state index in [1.165, 1.54) is 11.1 Å². The predicted octanol–water partition coefficient (Wildman–Crippen LogP) is 3.65. The van der Waals surface area contributed by atoms with Gasteiger partial charge in [0.1, 0.15) is 0 Å². The molecule has 2 N–H and O–H groups in total. The number of aryl methyl sites for hydroxylation is 1. The van der Waals surface area contributed by atoms with E-state index >= 15 is 0 Å². The molecule has 0 spiro atoms. The van der Waals surface area contributed by atoms with E-state index in [-0.39, 0.29) is 6.04 Å². The van der Waals surface area contributed by atoms with Crippen molar-refractivity contribution in [2.24, 2.45) is 5.73 Å². The van der Waals surface area contributed by atoms with Crippen LogP contribution in [-0.2, 0) is 6.42 Å². The van der Waals surface area contributed by atoms with Crippen LogP contribution in [0.1, 0.15) is 18.9 Å². The number of hydrogen-bond donors (Lipinski definition) is 1. The van der Waals surface area contributed by atoms with Crippen LogP contribution in [0.15, 0.2) is 42.5 Å². The Hall–Kier alpha value is -2.00. The van der Waals surface area contributed by atoms with Crippen LogP contribution < -0.4 is 15.2 Å². The fourth-order valence-corrected chi connectivity index (χ4v) is 2.27. The highest BCUT2D eigenvalue weighted by Gasteiger charge is 2.06. The largest absolute Gasteiger partial charge is 0.493 e. The molecule has 0 aromatic heterocycles. The summed E-state index contributed by atoms with van der Waals surface area (Å²) >= 11 is 0. The molecule has 0 saturated heterocycles. The highest BCUT2D eigenvalue weighted by Crippen LogP contribution is 2.32. The van der Waals surface area contributed by atoms with E-state index in [0.717, 1.165) is 29.9 Å². The van der Waals surface area contributed by atoms with Gasteiger partial charge in [0.05, 0.1) is 14.2 Å². The molecule has 0 aliphatic carbocycles. The second-order valence-electron chi connectivity index (χ2n) is 5.28.